The van der Waals surface area contributed by atoms with Crippen LogP contribution in [0.2, 0.25) is 0 Å². The van der Waals surface area contributed by atoms with Gasteiger partial charge in [0, 0.05) is 31.6 Å². The van der Waals surface area contributed by atoms with Crippen LogP contribution < -0.4 is 15.5 Å². The lowest BCUT2D eigenvalue weighted by molar-refractivity contribution is -0.145. The number of nitrogens with zero attached hydrogens (tertiary/aromatic N) is 2. The predicted molar refractivity (Wildman–Crippen MR) is 148 cm³/mol. The first kappa shape index (κ1) is 28.3. The average molecular weight is 545 g/mol. The van der Waals surface area contributed by atoms with Gasteiger partial charge in [0.15, 0.2) is 0 Å². The number of esters is 1. The highest BCUT2D eigenvalue weighted by molar-refractivity contribution is 7.22. The zero-order chi connectivity index (χ0) is 27.0. The second-order valence-corrected chi connectivity index (χ2v) is 11.1. The van der Waals surface area contributed by atoms with Crippen molar-refractivity contribution in [2.45, 2.75) is 27.7 Å². The Morgan fingerprint density at radius 2 is 1.81 bits per heavy atom. The summed E-state index contributed by atoms with van der Waals surface area (Å²) in [4.78, 5) is 42.8. The maximum atomic E-state index is 12.8. The number of hydrogen-bond donors (Lipinski definition) is 3. The zero-order valence-electron chi connectivity index (χ0n) is 21.4. The lowest BCUT2D eigenvalue weighted by atomic mass is 9.98. The Balaban J connectivity index is 0.000000479. The molecule has 3 heterocycles. The topological polar surface area (TPSA) is 121 Å². The van der Waals surface area contributed by atoms with E-state index in [1.165, 1.54) is 22.7 Å². The molecule has 11 heteroatoms. The van der Waals surface area contributed by atoms with E-state index in [2.05, 4.69) is 20.5 Å². The molecule has 9 nitrogen and oxygen atoms in total. The molecule has 0 saturated carbocycles. The van der Waals surface area contributed by atoms with Gasteiger partial charge in [-0.25, -0.2) is 9.78 Å². The quantitative estimate of drug-likeness (QED) is 0.378. The minimum Gasteiger partial charge on any atom is -0.481 e. The minimum atomic E-state index is -0.757. The van der Waals surface area contributed by atoms with E-state index >= 15 is 0 Å². The predicted octanol–water partition coefficient (Wildman–Crippen LogP) is 4.83. The van der Waals surface area contributed by atoms with Crippen LogP contribution >= 0.6 is 22.7 Å². The molecule has 0 aliphatic carbocycles. The normalized spacial score (nSPS) is 13.4. The number of rotatable bonds is 6. The van der Waals surface area contributed by atoms with Crippen molar-refractivity contribution in [1.29, 1.82) is 0 Å². The molecule has 0 unspecified atom stereocenters. The average Bonchev–Trinajstić information content (AvgIpc) is 3.55. The smallest absolute Gasteiger partial charge is 0.348 e. The highest BCUT2D eigenvalue weighted by Crippen LogP contribution is 2.32. The monoisotopic (exact) mass is 544 g/mol. The lowest BCUT2D eigenvalue weighted by Gasteiger charge is -2.31. The van der Waals surface area contributed by atoms with Gasteiger partial charge in [-0.2, -0.15) is 0 Å². The molecule has 4 rings (SSSR count). The summed E-state index contributed by atoms with van der Waals surface area (Å²) in [6, 6.07) is 11.4. The van der Waals surface area contributed by atoms with E-state index in [1.54, 1.807) is 39.1 Å². The largest absolute Gasteiger partial charge is 0.481 e. The molecule has 1 fully saturated rings. The number of para-hydroxylation sites is 2. The van der Waals surface area contributed by atoms with Gasteiger partial charge in [-0.15, -0.1) is 22.7 Å². The van der Waals surface area contributed by atoms with Crippen molar-refractivity contribution < 1.29 is 24.2 Å². The van der Waals surface area contributed by atoms with Crippen molar-refractivity contribution in [2.24, 2.45) is 5.41 Å². The summed E-state index contributed by atoms with van der Waals surface area (Å²) in [5, 5.41) is 17.0. The number of benzene rings is 1. The summed E-state index contributed by atoms with van der Waals surface area (Å²) in [7, 11) is 0. The SMILES string of the molecule is CC(C)(C)C(=O)O.CCOC(=O)c1ccc(-c2nc(C(=O)Nc3ccccc3N3CCNCC3)cs2)s1. The van der Waals surface area contributed by atoms with Crippen molar-refractivity contribution in [1.82, 2.24) is 10.3 Å². The number of thiophene rings is 1. The van der Waals surface area contributed by atoms with E-state index in [-0.39, 0.29) is 11.9 Å². The van der Waals surface area contributed by atoms with Gasteiger partial charge in [0.1, 0.15) is 15.6 Å². The number of carboxylic acids is 1. The van der Waals surface area contributed by atoms with E-state index < -0.39 is 11.4 Å². The number of aromatic nitrogens is 1. The molecule has 1 aliphatic heterocycles. The number of carboxylic acid groups (broad SMARTS) is 1. The molecule has 198 valence electrons. The fourth-order valence-corrected chi connectivity index (χ4v) is 4.98. The first-order valence-corrected chi connectivity index (χ1v) is 13.6. The second-order valence-electron chi connectivity index (χ2n) is 9.19. The van der Waals surface area contributed by atoms with Crippen LogP contribution in [0.5, 0.6) is 0 Å². The van der Waals surface area contributed by atoms with E-state index in [0.29, 0.717) is 22.2 Å². The molecule has 0 bridgehead atoms. The first-order valence-electron chi connectivity index (χ1n) is 11.9. The van der Waals surface area contributed by atoms with Gasteiger partial charge in [0.25, 0.3) is 5.91 Å². The van der Waals surface area contributed by atoms with Crippen molar-refractivity contribution in [2.75, 3.05) is 43.0 Å². The van der Waals surface area contributed by atoms with Crippen molar-refractivity contribution in [3.8, 4) is 9.88 Å². The summed E-state index contributed by atoms with van der Waals surface area (Å²) in [6.07, 6.45) is 0. The van der Waals surface area contributed by atoms with Crippen molar-refractivity contribution >= 4 is 51.9 Å². The Hall–Kier alpha value is -3.28. The third-order valence-electron chi connectivity index (χ3n) is 5.28. The van der Waals surface area contributed by atoms with Crippen LogP contribution in [0, 0.1) is 5.41 Å². The van der Waals surface area contributed by atoms with Crippen LogP contribution in [-0.4, -0.2) is 60.7 Å². The number of nitrogens with one attached hydrogen (secondary N) is 2. The molecule has 2 aromatic heterocycles. The number of carbonyl (C=O) groups is 3. The van der Waals surface area contributed by atoms with Gasteiger partial charge in [-0.05, 0) is 52.0 Å². The molecule has 37 heavy (non-hydrogen) atoms. The van der Waals surface area contributed by atoms with Crippen molar-refractivity contribution in [3.05, 3.63) is 52.3 Å². The number of ether oxygens (including phenoxy) is 1. The van der Waals surface area contributed by atoms with Crippen LogP contribution in [0.1, 0.15) is 47.9 Å². The molecule has 3 aromatic rings. The van der Waals surface area contributed by atoms with Crippen molar-refractivity contribution in [3.63, 3.8) is 0 Å². The highest BCUT2D eigenvalue weighted by atomic mass is 32.1. The third kappa shape index (κ3) is 7.85. The molecule has 0 spiro atoms. The molecule has 1 aromatic carbocycles. The number of carbonyl (C=O) groups excluding carboxylic acids is 2. The highest BCUT2D eigenvalue weighted by Gasteiger charge is 2.20. The first-order chi connectivity index (χ1) is 17.6. The van der Waals surface area contributed by atoms with Gasteiger partial charge in [-0.1, -0.05) is 12.1 Å². The Kier molecular flexibility index (Phi) is 9.79. The molecule has 1 aliphatic rings. The van der Waals surface area contributed by atoms with Gasteiger partial charge in [-0.3, -0.25) is 9.59 Å². The Bertz CT molecular complexity index is 1230. The van der Waals surface area contributed by atoms with E-state index in [4.69, 9.17) is 9.84 Å². The molecular weight excluding hydrogens is 512 g/mol. The summed E-state index contributed by atoms with van der Waals surface area (Å²) < 4.78 is 5.03. The van der Waals surface area contributed by atoms with E-state index in [9.17, 15) is 14.4 Å². The zero-order valence-corrected chi connectivity index (χ0v) is 23.0. The number of amides is 1. The summed E-state index contributed by atoms with van der Waals surface area (Å²) >= 11 is 2.69. The van der Waals surface area contributed by atoms with Gasteiger partial charge < -0.3 is 25.4 Å². The van der Waals surface area contributed by atoms with E-state index in [0.717, 1.165) is 42.4 Å². The Labute approximate surface area is 224 Å². The minimum absolute atomic E-state index is 0.248. The number of anilines is 2. The van der Waals surface area contributed by atoms with Gasteiger partial charge in [0.2, 0.25) is 0 Å². The fraction of sp³-hybridized carbons (Fsp3) is 0.385. The molecule has 1 saturated heterocycles. The second kappa shape index (κ2) is 12.8. The third-order valence-corrected chi connectivity index (χ3v) is 7.36. The van der Waals surface area contributed by atoms with Crippen LogP contribution in [0.15, 0.2) is 41.8 Å². The summed E-state index contributed by atoms with van der Waals surface area (Å²) in [6.45, 7) is 10.7. The van der Waals surface area contributed by atoms with E-state index in [1.807, 2.05) is 30.3 Å². The summed E-state index contributed by atoms with van der Waals surface area (Å²) in [5.74, 6) is -1.34. The Morgan fingerprint density at radius 3 is 2.46 bits per heavy atom. The standard InChI is InChI=1S/C21H22N4O3S2.C5H10O2/c1-2-28-21(27)18-8-7-17(30-18)20-24-15(13-29-20)19(26)23-14-5-3-4-6-16(14)25-11-9-22-10-12-25;1-5(2,3)4(6)7/h3-8,13,22H,2,9-12H2,1H3,(H,23,26);1-3H3,(H,6,7). The number of hydrogen-bond acceptors (Lipinski definition) is 9. The maximum Gasteiger partial charge on any atom is 0.348 e. The lowest BCUT2D eigenvalue weighted by Crippen LogP contribution is -2.43. The summed E-state index contributed by atoms with van der Waals surface area (Å²) in [5.41, 5.74) is 1.57. The molecule has 1 amide bonds. The van der Waals surface area contributed by atoms with Crippen LogP contribution in [0.4, 0.5) is 11.4 Å². The van der Waals surface area contributed by atoms with Crippen LogP contribution in [-0.2, 0) is 9.53 Å². The molecular formula is C26H32N4O5S2. The Morgan fingerprint density at radius 1 is 1.14 bits per heavy atom. The van der Waals surface area contributed by atoms with Gasteiger partial charge >= 0.3 is 11.9 Å². The molecule has 0 atom stereocenters. The number of thiazole rings is 1. The van der Waals surface area contributed by atoms with Crippen LogP contribution in [0.25, 0.3) is 9.88 Å². The van der Waals surface area contributed by atoms with Gasteiger partial charge in [0.05, 0.1) is 28.3 Å². The number of piperazine rings is 1. The number of aliphatic carboxylic acids is 1. The fourth-order valence-electron chi connectivity index (χ4n) is 3.20. The molecule has 0 radical (unpaired) electrons. The molecule has 3 N–H and O–H groups in total. The van der Waals surface area contributed by atoms with Crippen LogP contribution in [0.3, 0.4) is 0 Å². The maximum absolute atomic E-state index is 12.8.